The van der Waals surface area contributed by atoms with Crippen molar-refractivity contribution in [3.05, 3.63) is 65.4 Å². The van der Waals surface area contributed by atoms with Gasteiger partial charge in [-0.05, 0) is 60.1 Å². The molecule has 0 atom stereocenters. The largest absolute Gasteiger partial charge is 0.459 e. The van der Waals surface area contributed by atoms with E-state index >= 15 is 0 Å². The third kappa shape index (κ3) is 6.78. The first kappa shape index (κ1) is 25.2. The molecule has 0 amide bonds. The van der Waals surface area contributed by atoms with Crippen LogP contribution in [0.4, 0.5) is 26.3 Å². The Bertz CT molecular complexity index is 917. The summed E-state index contributed by atoms with van der Waals surface area (Å²) >= 11 is 0. The van der Waals surface area contributed by atoms with E-state index in [4.69, 9.17) is 0 Å². The molecule has 1 saturated carbocycles. The Morgan fingerprint density at radius 1 is 0.848 bits per heavy atom. The van der Waals surface area contributed by atoms with Gasteiger partial charge < -0.3 is 4.74 Å². The van der Waals surface area contributed by atoms with Gasteiger partial charge in [-0.1, -0.05) is 45.4 Å². The molecule has 1 fully saturated rings. The highest BCUT2D eigenvalue weighted by Crippen LogP contribution is 2.35. The van der Waals surface area contributed by atoms with Gasteiger partial charge in [0.15, 0.2) is 17.4 Å². The van der Waals surface area contributed by atoms with Gasteiger partial charge in [-0.3, -0.25) is 0 Å². The van der Waals surface area contributed by atoms with Gasteiger partial charge in [0.25, 0.3) is 6.43 Å². The fourth-order valence-electron chi connectivity index (χ4n) is 4.62. The summed E-state index contributed by atoms with van der Waals surface area (Å²) in [5, 5.41) is 0. The number of hydrogen-bond donors (Lipinski definition) is 0. The Morgan fingerprint density at radius 3 is 1.91 bits per heavy atom. The molecule has 0 spiro atoms. The van der Waals surface area contributed by atoms with Crippen molar-refractivity contribution < 1.29 is 31.1 Å². The number of hydrogen-bond acceptors (Lipinski definition) is 1. The van der Waals surface area contributed by atoms with Crippen LogP contribution >= 0.6 is 0 Å². The van der Waals surface area contributed by atoms with Gasteiger partial charge in [0.05, 0.1) is 11.8 Å². The van der Waals surface area contributed by atoms with Crippen LogP contribution in [0.1, 0.15) is 57.4 Å². The van der Waals surface area contributed by atoms with Crippen molar-refractivity contribution in [3.63, 3.8) is 0 Å². The molecular formula is C26H28F6O. The number of allylic oxidation sites excluding steroid dienone is 1. The lowest BCUT2D eigenvalue weighted by molar-refractivity contribution is 0.200. The second-order valence-corrected chi connectivity index (χ2v) is 8.70. The zero-order valence-corrected chi connectivity index (χ0v) is 18.5. The average molecular weight is 470 g/mol. The summed E-state index contributed by atoms with van der Waals surface area (Å²) in [5.41, 5.74) is -0.389. The summed E-state index contributed by atoms with van der Waals surface area (Å²) in [4.78, 5) is 0. The molecule has 0 saturated heterocycles. The molecule has 7 heteroatoms. The molecule has 0 aromatic heterocycles. The molecule has 0 N–H and O–H groups in total. The van der Waals surface area contributed by atoms with Crippen molar-refractivity contribution in [2.75, 3.05) is 0 Å². The van der Waals surface area contributed by atoms with E-state index in [1.807, 2.05) is 0 Å². The second kappa shape index (κ2) is 11.6. The van der Waals surface area contributed by atoms with E-state index in [2.05, 4.69) is 11.7 Å². The average Bonchev–Trinajstić information content (AvgIpc) is 2.75. The number of halogens is 6. The van der Waals surface area contributed by atoms with Crippen LogP contribution in [-0.2, 0) is 6.42 Å². The van der Waals surface area contributed by atoms with E-state index in [-0.39, 0.29) is 5.56 Å². The fraction of sp³-hybridized carbons (Fsp3) is 0.462. The molecule has 0 bridgehead atoms. The predicted molar refractivity (Wildman–Crippen MR) is 116 cm³/mol. The lowest BCUT2D eigenvalue weighted by Crippen LogP contribution is -2.15. The highest BCUT2D eigenvalue weighted by molar-refractivity contribution is 5.66. The normalized spacial score (nSPS) is 18.9. The van der Waals surface area contributed by atoms with Gasteiger partial charge >= 0.3 is 0 Å². The fourth-order valence-corrected chi connectivity index (χ4v) is 4.62. The minimum atomic E-state index is -2.85. The SMILES string of the molecule is CCCC1CCC(CCc2cc(F)c(-c3cc(F)c(OC=CC(F)F)c(F)c3)c(F)c2)CC1. The summed E-state index contributed by atoms with van der Waals surface area (Å²) in [6.07, 6.45) is 6.41. The van der Waals surface area contributed by atoms with Crippen molar-refractivity contribution in [3.8, 4) is 16.9 Å². The monoisotopic (exact) mass is 470 g/mol. The van der Waals surface area contributed by atoms with Crippen LogP contribution in [0.25, 0.3) is 11.1 Å². The van der Waals surface area contributed by atoms with Crippen molar-refractivity contribution in [2.24, 2.45) is 11.8 Å². The van der Waals surface area contributed by atoms with Crippen LogP contribution in [0.2, 0.25) is 0 Å². The first-order valence-corrected chi connectivity index (χ1v) is 11.4. The first-order valence-electron chi connectivity index (χ1n) is 11.4. The first-order chi connectivity index (χ1) is 15.8. The molecule has 180 valence electrons. The number of ether oxygens (including phenoxy) is 1. The maximum Gasteiger partial charge on any atom is 0.260 e. The van der Waals surface area contributed by atoms with Crippen LogP contribution in [0.5, 0.6) is 5.75 Å². The van der Waals surface area contributed by atoms with Crippen LogP contribution in [0.3, 0.4) is 0 Å². The Balaban J connectivity index is 1.70. The van der Waals surface area contributed by atoms with Gasteiger partial charge in [0.2, 0.25) is 0 Å². The molecule has 0 radical (unpaired) electrons. The smallest absolute Gasteiger partial charge is 0.260 e. The molecule has 33 heavy (non-hydrogen) atoms. The van der Waals surface area contributed by atoms with Crippen LogP contribution in [-0.4, -0.2) is 6.43 Å². The van der Waals surface area contributed by atoms with Gasteiger partial charge in [-0.15, -0.1) is 0 Å². The lowest BCUT2D eigenvalue weighted by Gasteiger charge is -2.28. The zero-order chi connectivity index (χ0) is 24.0. The topological polar surface area (TPSA) is 9.23 Å². The van der Waals surface area contributed by atoms with Crippen molar-refractivity contribution in [1.82, 2.24) is 0 Å². The van der Waals surface area contributed by atoms with Gasteiger partial charge in [0.1, 0.15) is 11.6 Å². The zero-order valence-electron chi connectivity index (χ0n) is 18.5. The Kier molecular flexibility index (Phi) is 8.87. The number of rotatable bonds is 9. The second-order valence-electron chi connectivity index (χ2n) is 8.70. The number of aryl methyl sites for hydroxylation is 1. The summed E-state index contributed by atoms with van der Waals surface area (Å²) < 4.78 is 86.7. The minimum absolute atomic E-state index is 0.307. The van der Waals surface area contributed by atoms with E-state index in [0.717, 1.165) is 25.2 Å². The quantitative estimate of drug-likeness (QED) is 0.263. The number of benzene rings is 2. The van der Waals surface area contributed by atoms with E-state index in [9.17, 15) is 26.3 Å². The molecule has 0 unspecified atom stereocenters. The van der Waals surface area contributed by atoms with Gasteiger partial charge in [0, 0.05) is 6.08 Å². The van der Waals surface area contributed by atoms with E-state index < -0.39 is 41.0 Å². The van der Waals surface area contributed by atoms with E-state index in [1.165, 1.54) is 37.8 Å². The Hall–Kier alpha value is -2.44. The minimum Gasteiger partial charge on any atom is -0.459 e. The van der Waals surface area contributed by atoms with Crippen molar-refractivity contribution in [1.29, 1.82) is 0 Å². The molecule has 1 aliphatic carbocycles. The molecule has 1 aliphatic rings. The number of alkyl halides is 2. The lowest BCUT2D eigenvalue weighted by atomic mass is 9.78. The molecular weight excluding hydrogens is 442 g/mol. The van der Waals surface area contributed by atoms with Crippen molar-refractivity contribution in [2.45, 2.75) is 64.7 Å². The molecule has 0 aliphatic heterocycles. The summed E-state index contributed by atoms with van der Waals surface area (Å²) in [6, 6.07) is 3.83. The van der Waals surface area contributed by atoms with E-state index in [1.54, 1.807) is 0 Å². The predicted octanol–water partition coefficient (Wildman–Crippen LogP) is 8.61. The molecule has 1 nitrogen and oxygen atoms in total. The maximum atomic E-state index is 14.7. The molecule has 2 aromatic carbocycles. The Morgan fingerprint density at radius 2 is 1.39 bits per heavy atom. The summed E-state index contributed by atoms with van der Waals surface area (Å²) in [5.74, 6) is -3.95. The third-order valence-electron chi connectivity index (χ3n) is 6.30. The van der Waals surface area contributed by atoms with Crippen LogP contribution < -0.4 is 4.74 Å². The van der Waals surface area contributed by atoms with Crippen LogP contribution in [0, 0.1) is 35.1 Å². The van der Waals surface area contributed by atoms with Gasteiger partial charge in [-0.2, -0.15) is 0 Å². The standard InChI is InChI=1S/C26H28F6O/c1-2-3-16-4-6-17(7-5-16)8-9-18-12-20(27)25(21(28)13-18)19-14-22(29)26(23(30)15-19)33-11-10-24(31)32/h10-17,24H,2-9H2,1H3. The maximum absolute atomic E-state index is 14.7. The third-order valence-corrected chi connectivity index (χ3v) is 6.30. The van der Waals surface area contributed by atoms with Gasteiger partial charge in [-0.25, -0.2) is 26.3 Å². The highest BCUT2D eigenvalue weighted by Gasteiger charge is 2.22. The summed E-state index contributed by atoms with van der Waals surface area (Å²) in [6.45, 7) is 2.19. The highest BCUT2D eigenvalue weighted by atomic mass is 19.3. The van der Waals surface area contributed by atoms with E-state index in [0.29, 0.717) is 42.4 Å². The summed E-state index contributed by atoms with van der Waals surface area (Å²) in [7, 11) is 0. The van der Waals surface area contributed by atoms with Crippen molar-refractivity contribution >= 4 is 0 Å². The Labute approximate surface area is 190 Å². The molecule has 3 rings (SSSR count). The van der Waals surface area contributed by atoms with Crippen LogP contribution in [0.15, 0.2) is 36.6 Å². The molecule has 2 aromatic rings. The molecule has 0 heterocycles.